The fraction of sp³-hybridized carbons (Fsp3) is 0.929. The molecule has 1 unspecified atom stereocenters. The van der Waals surface area contributed by atoms with Gasteiger partial charge >= 0.3 is 0 Å². The lowest BCUT2D eigenvalue weighted by Crippen LogP contribution is -2.43. The largest absolute Gasteiger partial charge is 0.382 e. The third-order valence-corrected chi connectivity index (χ3v) is 2.82. The molecule has 0 bridgehead atoms. The van der Waals surface area contributed by atoms with E-state index in [-0.39, 0.29) is 24.0 Å². The van der Waals surface area contributed by atoms with Gasteiger partial charge in [-0.2, -0.15) is 0 Å². The quantitative estimate of drug-likeness (QED) is 0.242. The molecular weight excluding hydrogens is 369 g/mol. The van der Waals surface area contributed by atoms with Gasteiger partial charge in [-0.1, -0.05) is 26.2 Å². The number of aliphatic imine (C=N–C) groups is 1. The van der Waals surface area contributed by atoms with E-state index in [1.54, 1.807) is 14.2 Å². The maximum atomic E-state index is 5.38. The topological polar surface area (TPSA) is 54.9 Å². The number of guanidine groups is 1. The van der Waals surface area contributed by atoms with Crippen LogP contribution in [0.5, 0.6) is 0 Å². The molecule has 6 heteroatoms. The van der Waals surface area contributed by atoms with Crippen LogP contribution in [0.15, 0.2) is 4.99 Å². The molecule has 0 fully saturated rings. The van der Waals surface area contributed by atoms with E-state index in [0.717, 1.165) is 12.5 Å². The first kappa shape index (κ1) is 22.2. The van der Waals surface area contributed by atoms with E-state index in [1.165, 1.54) is 25.7 Å². The van der Waals surface area contributed by atoms with Gasteiger partial charge in [0.25, 0.3) is 0 Å². The second-order valence-corrected chi connectivity index (χ2v) is 4.65. The lowest BCUT2D eigenvalue weighted by atomic mass is 10.1. The molecule has 0 aromatic rings. The second-order valence-electron chi connectivity index (χ2n) is 4.65. The Morgan fingerprint density at radius 1 is 1.20 bits per heavy atom. The zero-order valence-corrected chi connectivity index (χ0v) is 15.7. The summed E-state index contributed by atoms with van der Waals surface area (Å²) in [6.45, 7) is 7.11. The minimum absolute atomic E-state index is 0. The molecule has 0 saturated carbocycles. The maximum Gasteiger partial charge on any atom is 0.191 e. The van der Waals surface area contributed by atoms with E-state index in [9.17, 15) is 0 Å². The summed E-state index contributed by atoms with van der Waals surface area (Å²) >= 11 is 0. The van der Waals surface area contributed by atoms with E-state index in [4.69, 9.17) is 9.47 Å². The van der Waals surface area contributed by atoms with Gasteiger partial charge < -0.3 is 20.1 Å². The molecule has 1 atom stereocenters. The van der Waals surface area contributed by atoms with Gasteiger partial charge in [0.1, 0.15) is 0 Å². The van der Waals surface area contributed by atoms with Crippen molar-refractivity contribution in [3.05, 3.63) is 0 Å². The van der Waals surface area contributed by atoms with E-state index >= 15 is 0 Å². The fourth-order valence-electron chi connectivity index (χ4n) is 1.69. The molecule has 0 rings (SSSR count). The molecule has 0 heterocycles. The summed E-state index contributed by atoms with van der Waals surface area (Å²) in [6, 6.07) is 0.451. The molecule has 0 aromatic carbocycles. The first-order chi connectivity index (χ1) is 9.24. The number of hydrogen-bond donors (Lipinski definition) is 2. The number of nitrogens with one attached hydrogen (secondary N) is 2. The molecule has 122 valence electrons. The first-order valence-electron chi connectivity index (χ1n) is 7.28. The predicted octanol–water partition coefficient (Wildman–Crippen LogP) is 2.40. The lowest BCUT2D eigenvalue weighted by molar-refractivity contribution is 0.0733. The van der Waals surface area contributed by atoms with Crippen molar-refractivity contribution < 1.29 is 9.47 Å². The maximum absolute atomic E-state index is 5.38. The van der Waals surface area contributed by atoms with Crippen molar-refractivity contribution in [1.82, 2.24) is 10.6 Å². The van der Waals surface area contributed by atoms with Crippen molar-refractivity contribution in [3.63, 3.8) is 0 Å². The van der Waals surface area contributed by atoms with Crippen LogP contribution in [0.4, 0.5) is 0 Å². The van der Waals surface area contributed by atoms with Crippen LogP contribution in [0.2, 0.25) is 0 Å². The van der Waals surface area contributed by atoms with Crippen molar-refractivity contribution in [3.8, 4) is 0 Å². The van der Waals surface area contributed by atoms with Crippen LogP contribution < -0.4 is 10.6 Å². The Morgan fingerprint density at radius 3 is 2.55 bits per heavy atom. The third kappa shape index (κ3) is 14.3. The van der Waals surface area contributed by atoms with Gasteiger partial charge in [0.2, 0.25) is 0 Å². The van der Waals surface area contributed by atoms with Crippen LogP contribution in [0.25, 0.3) is 0 Å². The number of unbranched alkanes of at least 4 members (excludes halogenated alkanes) is 2. The van der Waals surface area contributed by atoms with Crippen molar-refractivity contribution in [2.75, 3.05) is 40.5 Å². The first-order valence-corrected chi connectivity index (χ1v) is 7.28. The van der Waals surface area contributed by atoms with Crippen LogP contribution in [0, 0.1) is 0 Å². The SMILES string of the molecule is CCCCCC(C)NC(=NC)NCCOCCOC.I. The molecule has 5 nitrogen and oxygen atoms in total. The molecule has 0 aromatic heterocycles. The number of nitrogens with zero attached hydrogens (tertiary/aromatic N) is 1. The fourth-order valence-corrected chi connectivity index (χ4v) is 1.69. The zero-order chi connectivity index (χ0) is 14.3. The van der Waals surface area contributed by atoms with E-state index < -0.39 is 0 Å². The summed E-state index contributed by atoms with van der Waals surface area (Å²) in [6.07, 6.45) is 5.00. The average Bonchev–Trinajstić information content (AvgIpc) is 2.41. The number of halogens is 1. The molecule has 20 heavy (non-hydrogen) atoms. The normalized spacial score (nSPS) is 12.7. The highest BCUT2D eigenvalue weighted by atomic mass is 127. The van der Waals surface area contributed by atoms with Gasteiger partial charge in [-0.05, 0) is 13.3 Å². The van der Waals surface area contributed by atoms with Crippen LogP contribution in [0.3, 0.4) is 0 Å². The van der Waals surface area contributed by atoms with E-state index in [2.05, 4.69) is 29.5 Å². The number of rotatable bonds is 11. The predicted molar refractivity (Wildman–Crippen MR) is 96.2 cm³/mol. The molecule has 0 radical (unpaired) electrons. The number of hydrogen-bond acceptors (Lipinski definition) is 3. The van der Waals surface area contributed by atoms with Gasteiger partial charge in [-0.25, -0.2) is 0 Å². The van der Waals surface area contributed by atoms with Gasteiger partial charge in [0.15, 0.2) is 5.96 Å². The average molecular weight is 401 g/mol. The highest BCUT2D eigenvalue weighted by Crippen LogP contribution is 2.02. The minimum Gasteiger partial charge on any atom is -0.382 e. The Kier molecular flexibility index (Phi) is 18.8. The van der Waals surface area contributed by atoms with Crippen molar-refractivity contribution >= 4 is 29.9 Å². The second kappa shape index (κ2) is 17.0. The Bertz CT molecular complexity index is 228. The van der Waals surface area contributed by atoms with Crippen LogP contribution >= 0.6 is 24.0 Å². The summed E-state index contributed by atoms with van der Waals surface area (Å²) in [7, 11) is 3.47. The summed E-state index contributed by atoms with van der Waals surface area (Å²) in [5, 5.41) is 6.63. The lowest BCUT2D eigenvalue weighted by Gasteiger charge is -2.17. The molecule has 2 N–H and O–H groups in total. The summed E-state index contributed by atoms with van der Waals surface area (Å²) in [5.41, 5.74) is 0. The van der Waals surface area contributed by atoms with Crippen LogP contribution in [0.1, 0.15) is 39.5 Å². The number of methoxy groups -OCH3 is 1. The molecular formula is C14H32IN3O2. The third-order valence-electron chi connectivity index (χ3n) is 2.82. The van der Waals surface area contributed by atoms with Crippen molar-refractivity contribution in [1.29, 1.82) is 0 Å². The van der Waals surface area contributed by atoms with E-state index in [0.29, 0.717) is 25.9 Å². The van der Waals surface area contributed by atoms with Crippen molar-refractivity contribution in [2.45, 2.75) is 45.6 Å². The Hall–Kier alpha value is -0.0800. The molecule has 0 aliphatic carbocycles. The van der Waals surface area contributed by atoms with Gasteiger partial charge in [0, 0.05) is 26.7 Å². The van der Waals surface area contributed by atoms with Gasteiger partial charge in [0.05, 0.1) is 19.8 Å². The van der Waals surface area contributed by atoms with Crippen LogP contribution in [-0.4, -0.2) is 52.5 Å². The smallest absolute Gasteiger partial charge is 0.191 e. The highest BCUT2D eigenvalue weighted by molar-refractivity contribution is 14.0. The molecule has 0 saturated heterocycles. The summed E-state index contributed by atoms with van der Waals surface area (Å²) < 4.78 is 10.3. The van der Waals surface area contributed by atoms with E-state index in [1.807, 2.05) is 0 Å². The minimum atomic E-state index is 0. The highest BCUT2D eigenvalue weighted by Gasteiger charge is 2.04. The molecule has 0 spiro atoms. The molecule has 0 amide bonds. The van der Waals surface area contributed by atoms with Crippen molar-refractivity contribution in [2.24, 2.45) is 4.99 Å². The molecule has 0 aliphatic rings. The van der Waals surface area contributed by atoms with Crippen LogP contribution in [-0.2, 0) is 9.47 Å². The molecule has 0 aliphatic heterocycles. The van der Waals surface area contributed by atoms with Gasteiger partial charge in [-0.3, -0.25) is 4.99 Å². The summed E-state index contributed by atoms with van der Waals surface area (Å²) in [4.78, 5) is 4.20. The summed E-state index contributed by atoms with van der Waals surface area (Å²) in [5.74, 6) is 0.847. The Morgan fingerprint density at radius 2 is 1.95 bits per heavy atom. The zero-order valence-electron chi connectivity index (χ0n) is 13.4. The monoisotopic (exact) mass is 401 g/mol. The number of ether oxygens (including phenoxy) is 2. The standard InChI is InChI=1S/C14H31N3O2.HI/c1-5-6-7-8-13(2)17-14(15-3)16-9-10-19-12-11-18-4;/h13H,5-12H2,1-4H3,(H2,15,16,17);1H. The Balaban J connectivity index is 0. The Labute approximate surface area is 141 Å². The van der Waals surface area contributed by atoms with Gasteiger partial charge in [-0.15, -0.1) is 24.0 Å².